The number of rotatable bonds is 4. The third-order valence-corrected chi connectivity index (χ3v) is 5.94. The average molecular weight is 376 g/mol. The molecule has 1 aliphatic carbocycles. The van der Waals surface area contributed by atoms with Crippen LogP contribution in [0.4, 0.5) is 5.69 Å². The van der Waals surface area contributed by atoms with Crippen LogP contribution in [0.15, 0.2) is 48.5 Å². The number of aryl methyl sites for hydroxylation is 1. The molecule has 0 spiro atoms. The molecule has 2 aromatic carbocycles. The topological polar surface area (TPSA) is 66.5 Å². The highest BCUT2D eigenvalue weighted by Gasteiger charge is 2.40. The van der Waals surface area contributed by atoms with Gasteiger partial charge in [0.15, 0.2) is 0 Å². The number of fused-ring (bicyclic) bond motifs is 1. The fourth-order valence-corrected chi connectivity index (χ4v) is 4.35. The van der Waals surface area contributed by atoms with Crippen molar-refractivity contribution in [1.29, 1.82) is 0 Å². The van der Waals surface area contributed by atoms with Crippen LogP contribution in [-0.2, 0) is 4.79 Å². The van der Waals surface area contributed by atoms with E-state index in [9.17, 15) is 14.4 Å². The lowest BCUT2D eigenvalue weighted by molar-refractivity contribution is -0.122. The summed E-state index contributed by atoms with van der Waals surface area (Å²) in [6, 6.07) is 14.6. The highest BCUT2D eigenvalue weighted by molar-refractivity contribution is 6.21. The minimum Gasteiger partial charge on any atom is -0.326 e. The molecule has 3 amide bonds. The van der Waals surface area contributed by atoms with Crippen LogP contribution in [0.25, 0.3) is 0 Å². The maximum Gasteiger partial charge on any atom is 0.261 e. The Hall–Kier alpha value is -2.95. The van der Waals surface area contributed by atoms with Gasteiger partial charge in [-0.05, 0) is 49.4 Å². The standard InChI is InChI=1S/C23H24N2O3/c1-15-8-2-7-13-20(15)24-21(26)17-10-4-3-9-16(17)14-25-22(27)18-11-5-6-12-19(18)23(25)28/h2,5-8,11-13,16-17H,3-4,9-10,14H2,1H3,(H,24,26). The van der Waals surface area contributed by atoms with Crippen LogP contribution in [0.2, 0.25) is 0 Å². The van der Waals surface area contributed by atoms with Crippen LogP contribution < -0.4 is 5.32 Å². The second-order valence-corrected chi connectivity index (χ2v) is 7.72. The smallest absolute Gasteiger partial charge is 0.261 e. The molecule has 28 heavy (non-hydrogen) atoms. The van der Waals surface area contributed by atoms with E-state index >= 15 is 0 Å². The zero-order chi connectivity index (χ0) is 19.7. The maximum atomic E-state index is 13.0. The fraction of sp³-hybridized carbons (Fsp3) is 0.348. The summed E-state index contributed by atoms with van der Waals surface area (Å²) in [7, 11) is 0. The van der Waals surface area contributed by atoms with Crippen LogP contribution in [0.1, 0.15) is 52.0 Å². The lowest BCUT2D eigenvalue weighted by Crippen LogP contribution is -2.41. The van der Waals surface area contributed by atoms with Crippen molar-refractivity contribution in [2.75, 3.05) is 11.9 Å². The molecule has 1 aliphatic heterocycles. The van der Waals surface area contributed by atoms with E-state index in [0.717, 1.165) is 36.9 Å². The minimum absolute atomic E-state index is 0.0139. The lowest BCUT2D eigenvalue weighted by Gasteiger charge is -2.33. The predicted octanol–water partition coefficient (Wildman–Crippen LogP) is 4.04. The Bertz CT molecular complexity index is 902. The Labute approximate surface area is 164 Å². The number of para-hydroxylation sites is 1. The zero-order valence-electron chi connectivity index (χ0n) is 16.0. The molecule has 2 atom stereocenters. The molecule has 5 nitrogen and oxygen atoms in total. The molecule has 2 unspecified atom stereocenters. The third-order valence-electron chi connectivity index (χ3n) is 5.94. The van der Waals surface area contributed by atoms with E-state index in [1.807, 2.05) is 31.2 Å². The molecule has 1 heterocycles. The highest BCUT2D eigenvalue weighted by atomic mass is 16.2. The molecule has 4 rings (SSSR count). The molecular formula is C23H24N2O3. The first kappa shape index (κ1) is 18.4. The van der Waals surface area contributed by atoms with E-state index in [2.05, 4.69) is 5.32 Å². The first-order valence-corrected chi connectivity index (χ1v) is 9.88. The predicted molar refractivity (Wildman–Crippen MR) is 107 cm³/mol. The number of carbonyl (C=O) groups is 3. The van der Waals surface area contributed by atoms with E-state index in [1.54, 1.807) is 24.3 Å². The van der Waals surface area contributed by atoms with E-state index in [0.29, 0.717) is 17.7 Å². The Balaban J connectivity index is 1.50. The summed E-state index contributed by atoms with van der Waals surface area (Å²) in [5.74, 6) is -0.721. The number of carbonyl (C=O) groups excluding carboxylic acids is 3. The number of hydrogen-bond donors (Lipinski definition) is 1. The van der Waals surface area contributed by atoms with Gasteiger partial charge in [-0.25, -0.2) is 0 Å². The van der Waals surface area contributed by atoms with Crippen LogP contribution in [-0.4, -0.2) is 29.2 Å². The van der Waals surface area contributed by atoms with Gasteiger partial charge in [-0.2, -0.15) is 0 Å². The fourth-order valence-electron chi connectivity index (χ4n) is 4.35. The highest BCUT2D eigenvalue weighted by Crippen LogP contribution is 2.34. The van der Waals surface area contributed by atoms with E-state index in [4.69, 9.17) is 0 Å². The van der Waals surface area contributed by atoms with Gasteiger partial charge in [0.05, 0.1) is 11.1 Å². The minimum atomic E-state index is -0.246. The first-order valence-electron chi connectivity index (χ1n) is 9.88. The van der Waals surface area contributed by atoms with Crippen molar-refractivity contribution in [3.05, 3.63) is 65.2 Å². The quantitative estimate of drug-likeness (QED) is 0.819. The molecule has 2 aromatic rings. The van der Waals surface area contributed by atoms with Gasteiger partial charge in [0.2, 0.25) is 5.91 Å². The molecule has 2 aliphatic rings. The molecule has 1 N–H and O–H groups in total. The van der Waals surface area contributed by atoms with Crippen molar-refractivity contribution < 1.29 is 14.4 Å². The van der Waals surface area contributed by atoms with Gasteiger partial charge >= 0.3 is 0 Å². The summed E-state index contributed by atoms with van der Waals surface area (Å²) >= 11 is 0. The molecule has 5 heteroatoms. The molecule has 0 radical (unpaired) electrons. The van der Waals surface area contributed by atoms with Crippen LogP contribution in [0.3, 0.4) is 0 Å². The number of amides is 3. The van der Waals surface area contributed by atoms with Gasteiger partial charge in [-0.1, -0.05) is 43.2 Å². The van der Waals surface area contributed by atoms with Crippen molar-refractivity contribution in [1.82, 2.24) is 4.90 Å². The second-order valence-electron chi connectivity index (χ2n) is 7.72. The van der Waals surface area contributed by atoms with Gasteiger partial charge in [-0.3, -0.25) is 19.3 Å². The monoisotopic (exact) mass is 376 g/mol. The van der Waals surface area contributed by atoms with Gasteiger partial charge in [0.1, 0.15) is 0 Å². The molecule has 144 valence electrons. The van der Waals surface area contributed by atoms with E-state index in [-0.39, 0.29) is 29.6 Å². The van der Waals surface area contributed by atoms with Gasteiger partial charge in [0.25, 0.3) is 11.8 Å². The first-order chi connectivity index (χ1) is 13.6. The maximum absolute atomic E-state index is 13.0. The van der Waals surface area contributed by atoms with E-state index < -0.39 is 0 Å². The Kier molecular flexibility index (Phi) is 4.99. The van der Waals surface area contributed by atoms with Gasteiger partial charge in [-0.15, -0.1) is 0 Å². The summed E-state index contributed by atoms with van der Waals surface area (Å²) < 4.78 is 0. The summed E-state index contributed by atoms with van der Waals surface area (Å²) in [6.07, 6.45) is 3.64. The zero-order valence-corrected chi connectivity index (χ0v) is 16.0. The van der Waals surface area contributed by atoms with Crippen LogP contribution >= 0.6 is 0 Å². The number of benzene rings is 2. The SMILES string of the molecule is Cc1ccccc1NC(=O)C1CCCCC1CN1C(=O)c2ccccc2C1=O. The number of imide groups is 1. The Morgan fingerprint density at radius 2 is 1.57 bits per heavy atom. The van der Waals surface area contributed by atoms with E-state index in [1.165, 1.54) is 4.90 Å². The van der Waals surface area contributed by atoms with Crippen molar-refractivity contribution in [2.45, 2.75) is 32.6 Å². The average Bonchev–Trinajstić information content (AvgIpc) is 2.95. The molecular weight excluding hydrogens is 352 g/mol. The largest absolute Gasteiger partial charge is 0.326 e. The Morgan fingerprint density at radius 3 is 2.25 bits per heavy atom. The second kappa shape index (κ2) is 7.58. The number of nitrogens with zero attached hydrogens (tertiary/aromatic N) is 1. The number of nitrogens with one attached hydrogen (secondary N) is 1. The normalized spacial score (nSPS) is 21.5. The molecule has 0 bridgehead atoms. The molecule has 0 saturated heterocycles. The van der Waals surface area contributed by atoms with Crippen LogP contribution in [0.5, 0.6) is 0 Å². The summed E-state index contributed by atoms with van der Waals surface area (Å²) in [5, 5.41) is 3.05. The van der Waals surface area contributed by atoms with Gasteiger partial charge < -0.3 is 5.32 Å². The lowest BCUT2D eigenvalue weighted by atomic mass is 9.78. The summed E-state index contributed by atoms with van der Waals surface area (Å²) in [4.78, 5) is 39.7. The molecule has 1 fully saturated rings. The van der Waals surface area contributed by atoms with Crippen LogP contribution in [0, 0.1) is 18.8 Å². The Morgan fingerprint density at radius 1 is 0.964 bits per heavy atom. The van der Waals surface area contributed by atoms with Gasteiger partial charge in [0, 0.05) is 18.2 Å². The van der Waals surface area contributed by atoms with Crippen molar-refractivity contribution in [3.63, 3.8) is 0 Å². The van der Waals surface area contributed by atoms with Crippen molar-refractivity contribution in [3.8, 4) is 0 Å². The third kappa shape index (κ3) is 3.33. The summed E-state index contributed by atoms with van der Waals surface area (Å²) in [6.45, 7) is 2.27. The molecule has 0 aromatic heterocycles. The van der Waals surface area contributed by atoms with Crippen molar-refractivity contribution >= 4 is 23.4 Å². The molecule has 1 saturated carbocycles. The van der Waals surface area contributed by atoms with Crippen molar-refractivity contribution in [2.24, 2.45) is 11.8 Å². The number of anilines is 1. The number of hydrogen-bond acceptors (Lipinski definition) is 3. The summed E-state index contributed by atoms with van der Waals surface area (Å²) in [5.41, 5.74) is 2.76.